The van der Waals surface area contributed by atoms with Gasteiger partial charge in [0.1, 0.15) is 12.4 Å². The lowest BCUT2D eigenvalue weighted by molar-refractivity contribution is -0.137. The van der Waals surface area contributed by atoms with Gasteiger partial charge in [-0.1, -0.05) is 6.07 Å². The van der Waals surface area contributed by atoms with Crippen molar-refractivity contribution in [1.82, 2.24) is 0 Å². The molecule has 0 aliphatic heterocycles. The second-order valence-electron chi connectivity index (χ2n) is 5.28. The van der Waals surface area contributed by atoms with Crippen LogP contribution in [0.4, 0.5) is 13.2 Å². The molecule has 0 radical (unpaired) electrons. The average molecular weight is 324 g/mol. The van der Waals surface area contributed by atoms with E-state index in [1.807, 2.05) is 0 Å². The fraction of sp³-hybridized carbons (Fsp3) is 0.235. The van der Waals surface area contributed by atoms with Gasteiger partial charge in [-0.05, 0) is 60.9 Å². The van der Waals surface area contributed by atoms with Gasteiger partial charge in [-0.15, -0.1) is 0 Å². The number of ether oxygens (including phenoxy) is 1. The third kappa shape index (κ3) is 4.25. The van der Waals surface area contributed by atoms with Crippen molar-refractivity contribution in [2.24, 2.45) is 0 Å². The van der Waals surface area contributed by atoms with Crippen molar-refractivity contribution in [1.29, 1.82) is 0 Å². The van der Waals surface area contributed by atoms with Gasteiger partial charge in [0.05, 0.1) is 11.1 Å². The number of hydrogen-bond acceptors (Lipinski definition) is 2. The molecular weight excluding hydrogens is 309 g/mol. The Morgan fingerprint density at radius 3 is 2.39 bits per heavy atom. The van der Waals surface area contributed by atoms with Crippen molar-refractivity contribution in [3.8, 4) is 5.75 Å². The van der Waals surface area contributed by atoms with Crippen molar-refractivity contribution < 1.29 is 27.8 Å². The molecular formula is C17H15F3O3. The fourth-order valence-corrected chi connectivity index (χ4v) is 2.22. The molecule has 0 spiro atoms. The molecule has 2 rings (SSSR count). The van der Waals surface area contributed by atoms with E-state index in [4.69, 9.17) is 9.84 Å². The zero-order valence-electron chi connectivity index (χ0n) is 12.6. The normalized spacial score (nSPS) is 11.3. The second kappa shape index (κ2) is 6.32. The highest BCUT2D eigenvalue weighted by Crippen LogP contribution is 2.32. The SMILES string of the molecule is Cc1cc(COc2ccc(C(F)(F)F)cc2C)cc(C(=O)O)c1. The number of alkyl halides is 3. The maximum Gasteiger partial charge on any atom is 0.416 e. The van der Waals surface area contributed by atoms with Crippen LogP contribution in [0, 0.1) is 13.8 Å². The molecule has 6 heteroatoms. The summed E-state index contributed by atoms with van der Waals surface area (Å²) in [5.41, 5.74) is 1.19. The molecule has 3 nitrogen and oxygen atoms in total. The predicted octanol–water partition coefficient (Wildman–Crippen LogP) is 4.60. The van der Waals surface area contributed by atoms with Gasteiger partial charge in [0, 0.05) is 0 Å². The van der Waals surface area contributed by atoms with E-state index in [1.54, 1.807) is 13.0 Å². The summed E-state index contributed by atoms with van der Waals surface area (Å²) in [6.07, 6.45) is -4.39. The molecule has 0 aliphatic carbocycles. The molecule has 0 unspecified atom stereocenters. The molecule has 0 heterocycles. The van der Waals surface area contributed by atoms with E-state index < -0.39 is 17.7 Å². The number of rotatable bonds is 4. The summed E-state index contributed by atoms with van der Waals surface area (Å²) in [5.74, 6) is -0.711. The number of benzene rings is 2. The van der Waals surface area contributed by atoms with Crippen molar-refractivity contribution in [2.45, 2.75) is 26.6 Å². The monoisotopic (exact) mass is 324 g/mol. The lowest BCUT2D eigenvalue weighted by Gasteiger charge is -2.13. The van der Waals surface area contributed by atoms with Crippen molar-refractivity contribution in [2.75, 3.05) is 0 Å². The quantitative estimate of drug-likeness (QED) is 0.894. The first-order chi connectivity index (χ1) is 10.7. The predicted molar refractivity (Wildman–Crippen MR) is 78.7 cm³/mol. The molecule has 23 heavy (non-hydrogen) atoms. The van der Waals surface area contributed by atoms with Crippen LogP contribution in [-0.4, -0.2) is 11.1 Å². The van der Waals surface area contributed by atoms with Gasteiger partial charge in [-0.25, -0.2) is 4.79 Å². The Hall–Kier alpha value is -2.50. The van der Waals surface area contributed by atoms with E-state index in [0.717, 1.165) is 17.7 Å². The summed E-state index contributed by atoms with van der Waals surface area (Å²) in [6, 6.07) is 8.04. The summed E-state index contributed by atoms with van der Waals surface area (Å²) in [6.45, 7) is 3.37. The summed E-state index contributed by atoms with van der Waals surface area (Å²) in [7, 11) is 0. The Morgan fingerprint density at radius 1 is 1.13 bits per heavy atom. The minimum atomic E-state index is -4.39. The molecule has 0 bridgehead atoms. The summed E-state index contributed by atoms with van der Waals surface area (Å²) in [4.78, 5) is 11.0. The van der Waals surface area contributed by atoms with Crippen LogP contribution < -0.4 is 4.74 Å². The summed E-state index contributed by atoms with van der Waals surface area (Å²) >= 11 is 0. The molecule has 0 aromatic heterocycles. The van der Waals surface area contributed by atoms with Crippen molar-refractivity contribution >= 4 is 5.97 Å². The smallest absolute Gasteiger partial charge is 0.416 e. The van der Waals surface area contributed by atoms with Crippen LogP contribution in [0.2, 0.25) is 0 Å². The lowest BCUT2D eigenvalue weighted by atomic mass is 10.1. The number of carboxylic acids is 1. The third-order valence-electron chi connectivity index (χ3n) is 3.28. The number of aromatic carboxylic acids is 1. The molecule has 1 N–H and O–H groups in total. The van der Waals surface area contributed by atoms with Gasteiger partial charge >= 0.3 is 12.1 Å². The highest BCUT2D eigenvalue weighted by molar-refractivity contribution is 5.88. The average Bonchev–Trinajstić information content (AvgIpc) is 2.44. The van der Waals surface area contributed by atoms with Crippen molar-refractivity contribution in [3.63, 3.8) is 0 Å². The van der Waals surface area contributed by atoms with Gasteiger partial charge in [0.15, 0.2) is 0 Å². The maximum atomic E-state index is 12.6. The standard InChI is InChI=1S/C17H15F3O3/c1-10-5-12(8-13(6-10)16(21)22)9-23-15-4-3-14(7-11(15)2)17(18,19)20/h3-8H,9H2,1-2H3,(H,21,22). The number of carbonyl (C=O) groups is 1. The second-order valence-corrected chi connectivity index (χ2v) is 5.28. The van der Waals surface area contributed by atoms with Gasteiger partial charge in [0.25, 0.3) is 0 Å². The van der Waals surface area contributed by atoms with Gasteiger partial charge in [-0.3, -0.25) is 0 Å². The minimum Gasteiger partial charge on any atom is -0.489 e. The first-order valence-corrected chi connectivity index (χ1v) is 6.81. The molecule has 0 atom stereocenters. The highest BCUT2D eigenvalue weighted by atomic mass is 19.4. The van der Waals surface area contributed by atoms with E-state index in [0.29, 0.717) is 16.9 Å². The molecule has 2 aromatic rings. The number of aryl methyl sites for hydroxylation is 2. The maximum absolute atomic E-state index is 12.6. The highest BCUT2D eigenvalue weighted by Gasteiger charge is 2.30. The Balaban J connectivity index is 2.17. The van der Waals surface area contributed by atoms with Crippen LogP contribution in [0.15, 0.2) is 36.4 Å². The van der Waals surface area contributed by atoms with Crippen LogP contribution in [0.25, 0.3) is 0 Å². The Bertz CT molecular complexity index is 736. The van der Waals surface area contributed by atoms with Crippen LogP contribution in [0.3, 0.4) is 0 Å². The third-order valence-corrected chi connectivity index (χ3v) is 3.28. The van der Waals surface area contributed by atoms with E-state index in [-0.39, 0.29) is 12.2 Å². The molecule has 0 amide bonds. The number of halogens is 3. The largest absolute Gasteiger partial charge is 0.489 e. The summed E-state index contributed by atoms with van der Waals surface area (Å²) < 4.78 is 43.4. The van der Waals surface area contributed by atoms with Crippen LogP contribution in [0.5, 0.6) is 5.75 Å². The Kier molecular flexibility index (Phi) is 4.63. The van der Waals surface area contributed by atoms with Crippen LogP contribution >= 0.6 is 0 Å². The first kappa shape index (κ1) is 16.9. The van der Waals surface area contributed by atoms with E-state index >= 15 is 0 Å². The number of hydrogen-bond donors (Lipinski definition) is 1. The zero-order valence-corrected chi connectivity index (χ0v) is 12.6. The molecule has 0 saturated carbocycles. The zero-order chi connectivity index (χ0) is 17.2. The lowest BCUT2D eigenvalue weighted by Crippen LogP contribution is -2.06. The Labute approximate surface area is 131 Å². The van der Waals surface area contributed by atoms with Crippen molar-refractivity contribution in [3.05, 3.63) is 64.2 Å². The van der Waals surface area contributed by atoms with Crippen LogP contribution in [-0.2, 0) is 12.8 Å². The topological polar surface area (TPSA) is 46.5 Å². The minimum absolute atomic E-state index is 0.0775. The van der Waals surface area contributed by atoms with Crippen LogP contribution in [0.1, 0.15) is 32.6 Å². The summed E-state index contributed by atoms with van der Waals surface area (Å²) in [5, 5.41) is 9.02. The fourth-order valence-electron chi connectivity index (χ4n) is 2.22. The van der Waals surface area contributed by atoms with Gasteiger partial charge in [0.2, 0.25) is 0 Å². The molecule has 2 aromatic carbocycles. The van der Waals surface area contributed by atoms with E-state index in [9.17, 15) is 18.0 Å². The van der Waals surface area contributed by atoms with Gasteiger partial charge in [-0.2, -0.15) is 13.2 Å². The first-order valence-electron chi connectivity index (χ1n) is 6.81. The molecule has 122 valence electrons. The van der Waals surface area contributed by atoms with Gasteiger partial charge < -0.3 is 9.84 Å². The van der Waals surface area contributed by atoms with E-state index in [2.05, 4.69) is 0 Å². The Morgan fingerprint density at radius 2 is 1.83 bits per heavy atom. The number of carboxylic acid groups (broad SMARTS) is 1. The van der Waals surface area contributed by atoms with E-state index in [1.165, 1.54) is 25.1 Å². The molecule has 0 saturated heterocycles. The molecule has 0 aliphatic rings. The molecule has 0 fully saturated rings.